The standard InChI is InChI=1S/C20H27NO3S2/c1-14(12-25)18(22)21-17(19(23)24-2)13-26-20(21)10-8-16(9-11-20)15-6-4-3-5-7-15/h3-7,14,16-17,25H,8-13H2,1-2H3. The summed E-state index contributed by atoms with van der Waals surface area (Å²) >= 11 is 6.05. The van der Waals surface area contributed by atoms with Crippen molar-refractivity contribution in [2.45, 2.75) is 49.4 Å². The van der Waals surface area contributed by atoms with Crippen molar-refractivity contribution >= 4 is 36.3 Å². The Morgan fingerprint density at radius 3 is 2.54 bits per heavy atom. The molecule has 1 aromatic carbocycles. The summed E-state index contributed by atoms with van der Waals surface area (Å²) in [6.07, 6.45) is 3.89. The smallest absolute Gasteiger partial charge is 0.329 e. The number of esters is 1. The normalized spacial score (nSPS) is 29.6. The van der Waals surface area contributed by atoms with Crippen molar-refractivity contribution in [2.24, 2.45) is 5.92 Å². The third-order valence-electron chi connectivity index (χ3n) is 5.70. The molecule has 0 aromatic heterocycles. The SMILES string of the molecule is COC(=O)C1CSC2(CCC(c3ccccc3)CC2)N1C(=O)C(C)CS. The number of hydrogen-bond acceptors (Lipinski definition) is 5. The number of carbonyl (C=O) groups is 2. The second-order valence-electron chi connectivity index (χ2n) is 7.27. The summed E-state index contributed by atoms with van der Waals surface area (Å²) in [6.45, 7) is 1.88. The van der Waals surface area contributed by atoms with Gasteiger partial charge in [-0.25, -0.2) is 4.79 Å². The van der Waals surface area contributed by atoms with Gasteiger partial charge in [0.25, 0.3) is 0 Å². The minimum Gasteiger partial charge on any atom is -0.467 e. The molecule has 2 atom stereocenters. The molecule has 0 bridgehead atoms. The monoisotopic (exact) mass is 393 g/mol. The topological polar surface area (TPSA) is 46.6 Å². The maximum absolute atomic E-state index is 13.1. The van der Waals surface area contributed by atoms with Crippen LogP contribution in [0.1, 0.15) is 44.1 Å². The highest BCUT2D eigenvalue weighted by Gasteiger charge is 2.54. The fourth-order valence-electron chi connectivity index (χ4n) is 4.15. The van der Waals surface area contributed by atoms with E-state index in [4.69, 9.17) is 4.74 Å². The molecule has 1 aliphatic carbocycles. The highest BCUT2D eigenvalue weighted by Crippen LogP contribution is 2.52. The molecule has 1 aliphatic heterocycles. The number of methoxy groups -OCH3 is 1. The van der Waals surface area contributed by atoms with Gasteiger partial charge in [-0.05, 0) is 37.2 Å². The fraction of sp³-hybridized carbons (Fsp3) is 0.600. The summed E-state index contributed by atoms with van der Waals surface area (Å²) in [6, 6.07) is 10.1. The Balaban J connectivity index is 1.81. The summed E-state index contributed by atoms with van der Waals surface area (Å²) in [7, 11) is 1.40. The summed E-state index contributed by atoms with van der Waals surface area (Å²) < 4.78 is 4.99. The molecule has 2 fully saturated rings. The van der Waals surface area contributed by atoms with E-state index in [1.807, 2.05) is 17.9 Å². The number of amides is 1. The van der Waals surface area contributed by atoms with E-state index >= 15 is 0 Å². The first-order chi connectivity index (χ1) is 12.5. The van der Waals surface area contributed by atoms with Crippen LogP contribution < -0.4 is 0 Å². The van der Waals surface area contributed by atoms with Crippen molar-refractivity contribution in [3.8, 4) is 0 Å². The molecule has 4 nitrogen and oxygen atoms in total. The lowest BCUT2D eigenvalue weighted by Crippen LogP contribution is -2.55. The summed E-state index contributed by atoms with van der Waals surface area (Å²) in [5.74, 6) is 1.15. The van der Waals surface area contributed by atoms with Crippen molar-refractivity contribution in [3.05, 3.63) is 35.9 Å². The Labute approximate surface area is 165 Å². The van der Waals surface area contributed by atoms with E-state index < -0.39 is 6.04 Å². The van der Waals surface area contributed by atoms with Gasteiger partial charge in [0, 0.05) is 17.4 Å². The van der Waals surface area contributed by atoms with E-state index in [1.165, 1.54) is 12.7 Å². The van der Waals surface area contributed by atoms with Crippen LogP contribution in [0.4, 0.5) is 0 Å². The van der Waals surface area contributed by atoms with Crippen LogP contribution in [-0.2, 0) is 14.3 Å². The Morgan fingerprint density at radius 1 is 1.31 bits per heavy atom. The molecule has 142 valence electrons. The van der Waals surface area contributed by atoms with E-state index in [-0.39, 0.29) is 22.7 Å². The first-order valence-corrected chi connectivity index (χ1v) is 10.8. The van der Waals surface area contributed by atoms with Crippen molar-refractivity contribution in [2.75, 3.05) is 18.6 Å². The lowest BCUT2D eigenvalue weighted by molar-refractivity contribution is -0.155. The quantitative estimate of drug-likeness (QED) is 0.626. The van der Waals surface area contributed by atoms with Crippen molar-refractivity contribution in [3.63, 3.8) is 0 Å². The van der Waals surface area contributed by atoms with E-state index in [2.05, 4.69) is 36.9 Å². The minimum atomic E-state index is -0.479. The minimum absolute atomic E-state index is 0.0264. The molecule has 0 radical (unpaired) electrons. The summed E-state index contributed by atoms with van der Waals surface area (Å²) in [5, 5.41) is 0. The average Bonchev–Trinajstić information content (AvgIpc) is 3.06. The maximum Gasteiger partial charge on any atom is 0.329 e. The van der Waals surface area contributed by atoms with Gasteiger partial charge in [0.15, 0.2) is 0 Å². The van der Waals surface area contributed by atoms with Gasteiger partial charge in [-0.3, -0.25) is 4.79 Å². The molecule has 2 unspecified atom stereocenters. The number of rotatable bonds is 4. The zero-order valence-corrected chi connectivity index (χ0v) is 17.1. The molecule has 3 rings (SSSR count). The highest BCUT2D eigenvalue weighted by molar-refractivity contribution is 8.01. The molecule has 2 aliphatic rings. The van der Waals surface area contributed by atoms with Crippen LogP contribution in [0, 0.1) is 5.92 Å². The number of thioether (sulfide) groups is 1. The van der Waals surface area contributed by atoms with E-state index in [0.717, 1.165) is 25.7 Å². The predicted octanol–water partition coefficient (Wildman–Crippen LogP) is 3.72. The summed E-state index contributed by atoms with van der Waals surface area (Å²) in [4.78, 5) is 27.0. The molecule has 26 heavy (non-hydrogen) atoms. The molecular formula is C20H27NO3S2. The van der Waals surface area contributed by atoms with E-state index in [9.17, 15) is 9.59 Å². The van der Waals surface area contributed by atoms with Crippen molar-refractivity contribution in [1.82, 2.24) is 4.90 Å². The zero-order chi connectivity index (χ0) is 18.7. The number of hydrogen-bond donors (Lipinski definition) is 1. The van der Waals surface area contributed by atoms with E-state index in [0.29, 0.717) is 17.4 Å². The molecule has 1 saturated heterocycles. The highest BCUT2D eigenvalue weighted by atomic mass is 32.2. The molecule has 6 heteroatoms. The number of benzene rings is 1. The van der Waals surface area contributed by atoms with Crippen LogP contribution in [0.25, 0.3) is 0 Å². The summed E-state index contributed by atoms with van der Waals surface area (Å²) in [5.41, 5.74) is 1.37. The van der Waals surface area contributed by atoms with Crippen LogP contribution in [0.2, 0.25) is 0 Å². The van der Waals surface area contributed by atoms with E-state index in [1.54, 1.807) is 11.8 Å². The van der Waals surface area contributed by atoms with Crippen molar-refractivity contribution < 1.29 is 14.3 Å². The van der Waals surface area contributed by atoms with Crippen LogP contribution in [0.15, 0.2) is 30.3 Å². The molecular weight excluding hydrogens is 366 g/mol. The van der Waals surface area contributed by atoms with Gasteiger partial charge in [-0.2, -0.15) is 12.6 Å². The van der Waals surface area contributed by atoms with Gasteiger partial charge in [-0.15, -0.1) is 11.8 Å². The first-order valence-electron chi connectivity index (χ1n) is 9.23. The maximum atomic E-state index is 13.1. The van der Waals surface area contributed by atoms with Gasteiger partial charge < -0.3 is 9.64 Å². The lowest BCUT2D eigenvalue weighted by atomic mass is 9.80. The second-order valence-corrected chi connectivity index (χ2v) is 9.02. The molecule has 1 aromatic rings. The van der Waals surface area contributed by atoms with Crippen LogP contribution in [-0.4, -0.2) is 46.3 Å². The second kappa shape index (κ2) is 8.26. The van der Waals surface area contributed by atoms with Gasteiger partial charge in [0.05, 0.1) is 12.0 Å². The first kappa shape index (κ1) is 19.6. The Bertz CT molecular complexity index is 644. The van der Waals surface area contributed by atoms with Gasteiger partial charge >= 0.3 is 5.97 Å². The predicted molar refractivity (Wildman–Crippen MR) is 109 cm³/mol. The number of nitrogens with zero attached hydrogens (tertiary/aromatic N) is 1. The van der Waals surface area contributed by atoms with Crippen LogP contribution in [0.5, 0.6) is 0 Å². The number of thiol groups is 1. The average molecular weight is 394 g/mol. The number of carbonyl (C=O) groups excluding carboxylic acids is 2. The third kappa shape index (κ3) is 3.63. The molecule has 0 N–H and O–H groups in total. The van der Waals surface area contributed by atoms with Crippen LogP contribution in [0.3, 0.4) is 0 Å². The molecule has 1 saturated carbocycles. The fourth-order valence-corrected chi connectivity index (χ4v) is 5.94. The van der Waals surface area contributed by atoms with Gasteiger partial charge in [-0.1, -0.05) is 37.3 Å². The Morgan fingerprint density at radius 2 is 1.96 bits per heavy atom. The zero-order valence-electron chi connectivity index (χ0n) is 15.4. The largest absolute Gasteiger partial charge is 0.467 e. The number of ether oxygens (including phenoxy) is 1. The van der Waals surface area contributed by atoms with Gasteiger partial charge in [0.2, 0.25) is 5.91 Å². The third-order valence-corrected chi connectivity index (χ3v) is 7.88. The molecule has 1 spiro atoms. The van der Waals surface area contributed by atoms with Gasteiger partial charge in [0.1, 0.15) is 6.04 Å². The van der Waals surface area contributed by atoms with Crippen molar-refractivity contribution in [1.29, 1.82) is 0 Å². The Hall–Kier alpha value is -1.14. The lowest BCUT2D eigenvalue weighted by Gasteiger charge is -2.45. The molecule has 1 heterocycles. The molecule has 1 amide bonds. The Kier molecular flexibility index (Phi) is 6.23. The van der Waals surface area contributed by atoms with Crippen LogP contribution >= 0.6 is 24.4 Å².